The molecule has 0 unspecified atom stereocenters. The van der Waals surface area contributed by atoms with Gasteiger partial charge in [-0.25, -0.2) is 0 Å². The molecule has 0 saturated heterocycles. The summed E-state index contributed by atoms with van der Waals surface area (Å²) in [4.78, 5) is 0. The Kier molecular flexibility index (Phi) is 5.19. The predicted molar refractivity (Wildman–Crippen MR) is 66.5 cm³/mol. The first-order chi connectivity index (χ1) is 6.25. The lowest BCUT2D eigenvalue weighted by Crippen LogP contribution is -2.36. The number of rotatable bonds is 6. The van der Waals surface area contributed by atoms with Crippen LogP contribution in [-0.4, -0.2) is 0 Å². The fourth-order valence-electron chi connectivity index (χ4n) is 1.92. The van der Waals surface area contributed by atoms with Gasteiger partial charge in [0.05, 0.1) is 0 Å². The summed E-state index contributed by atoms with van der Waals surface area (Å²) in [7, 11) is 0. The van der Waals surface area contributed by atoms with E-state index >= 15 is 0 Å². The third-order valence-electron chi connectivity index (χ3n) is 4.59. The Bertz CT molecular complexity index is 151. The van der Waals surface area contributed by atoms with Gasteiger partial charge in [-0.3, -0.25) is 0 Å². The van der Waals surface area contributed by atoms with Crippen LogP contribution in [0.3, 0.4) is 0 Å². The smallest absolute Gasteiger partial charge is 0.0280 e. The van der Waals surface area contributed by atoms with Gasteiger partial charge in [0, 0.05) is 0 Å². The first kappa shape index (κ1) is 14.0. The molecule has 0 heteroatoms. The second-order valence-corrected chi connectivity index (χ2v) is 6.22. The van der Waals surface area contributed by atoms with Crippen LogP contribution in [0.4, 0.5) is 0 Å². The van der Waals surface area contributed by atoms with Crippen molar-refractivity contribution >= 4 is 0 Å². The van der Waals surface area contributed by atoms with Crippen molar-refractivity contribution < 1.29 is 0 Å². The van der Waals surface area contributed by atoms with Crippen LogP contribution in [0.25, 0.3) is 0 Å². The molecule has 0 aromatic carbocycles. The number of hydrogen-bond donors (Lipinski definition) is 0. The van der Waals surface area contributed by atoms with E-state index in [0.717, 1.165) is 5.92 Å². The Labute approximate surface area is 91.5 Å². The average Bonchev–Trinajstić information content (AvgIpc) is 2.04. The van der Waals surface area contributed by atoms with Crippen LogP contribution in [0.15, 0.2) is 0 Å². The van der Waals surface area contributed by atoms with Crippen molar-refractivity contribution in [1.29, 1.82) is 0 Å². The fourth-order valence-corrected chi connectivity index (χ4v) is 1.92. The van der Waals surface area contributed by atoms with Gasteiger partial charge < -0.3 is 0 Å². The summed E-state index contributed by atoms with van der Waals surface area (Å²) < 4.78 is 0. The molecular weight excluding hydrogens is 168 g/mol. The molecule has 86 valence electrons. The Balaban J connectivity index is 4.29. The quantitative estimate of drug-likeness (QED) is 0.510. The van der Waals surface area contributed by atoms with E-state index in [1.807, 2.05) is 0 Å². The molecule has 0 atom stereocenters. The van der Waals surface area contributed by atoms with Gasteiger partial charge in [-0.2, -0.15) is 0 Å². The van der Waals surface area contributed by atoms with Crippen molar-refractivity contribution in [3.8, 4) is 0 Å². The molecule has 0 spiro atoms. The van der Waals surface area contributed by atoms with Gasteiger partial charge in [-0.1, -0.05) is 67.7 Å². The molecule has 0 aliphatic heterocycles. The molecule has 0 aliphatic carbocycles. The maximum absolute atomic E-state index is 2.43. The number of unbranched alkanes of at least 4 members (excludes halogenated alkanes) is 2. The van der Waals surface area contributed by atoms with E-state index in [9.17, 15) is 0 Å². The van der Waals surface area contributed by atoms with Crippen molar-refractivity contribution in [3.05, 3.63) is 0 Å². The maximum atomic E-state index is 2.43. The monoisotopic (exact) mass is 198 g/mol. The summed E-state index contributed by atoms with van der Waals surface area (Å²) in [6, 6.07) is 0. The topological polar surface area (TPSA) is 0 Å². The van der Waals surface area contributed by atoms with Gasteiger partial charge in [0.25, 0.3) is 0 Å². The Hall–Kier alpha value is 0. The first-order valence-corrected chi connectivity index (χ1v) is 6.25. The lowest BCUT2D eigenvalue weighted by molar-refractivity contribution is 0.0452. The van der Waals surface area contributed by atoms with Crippen molar-refractivity contribution in [1.82, 2.24) is 0 Å². The van der Waals surface area contributed by atoms with Crippen molar-refractivity contribution in [2.24, 2.45) is 16.7 Å². The molecule has 0 aliphatic rings. The summed E-state index contributed by atoms with van der Waals surface area (Å²) in [6.45, 7) is 16.7. The number of hydrogen-bond acceptors (Lipinski definition) is 0. The minimum atomic E-state index is 0.445. The van der Waals surface area contributed by atoms with Crippen LogP contribution in [-0.2, 0) is 0 Å². The van der Waals surface area contributed by atoms with Crippen LogP contribution >= 0.6 is 0 Å². The molecule has 0 amide bonds. The molecule has 0 nitrogen and oxygen atoms in total. The molecule has 0 saturated carbocycles. The summed E-state index contributed by atoms with van der Waals surface area (Å²) in [5, 5.41) is 0. The Morgan fingerprint density at radius 2 is 1.43 bits per heavy atom. The zero-order valence-corrected chi connectivity index (χ0v) is 11.4. The van der Waals surface area contributed by atoms with Crippen LogP contribution in [0.2, 0.25) is 0 Å². The predicted octanol–water partition coefficient (Wildman–Crippen LogP) is 5.28. The van der Waals surface area contributed by atoms with Gasteiger partial charge in [-0.15, -0.1) is 0 Å². The van der Waals surface area contributed by atoms with Gasteiger partial charge in [0.15, 0.2) is 0 Å². The van der Waals surface area contributed by atoms with Crippen molar-refractivity contribution in [2.75, 3.05) is 0 Å². The highest BCUT2D eigenvalue weighted by Gasteiger charge is 2.38. The summed E-state index contributed by atoms with van der Waals surface area (Å²) >= 11 is 0. The molecule has 0 aromatic heterocycles. The lowest BCUT2D eigenvalue weighted by atomic mass is 9.60. The van der Waals surface area contributed by atoms with E-state index in [4.69, 9.17) is 0 Å². The molecule has 0 aromatic rings. The average molecular weight is 198 g/mol. The highest BCUT2D eigenvalue weighted by atomic mass is 14.4. The van der Waals surface area contributed by atoms with Crippen LogP contribution in [0, 0.1) is 16.7 Å². The second kappa shape index (κ2) is 5.19. The fraction of sp³-hybridized carbons (Fsp3) is 1.00. The molecule has 0 heterocycles. The first-order valence-electron chi connectivity index (χ1n) is 6.25. The van der Waals surface area contributed by atoms with E-state index in [0.29, 0.717) is 10.8 Å². The highest BCUT2D eigenvalue weighted by molar-refractivity contribution is 4.88. The molecule has 0 radical (unpaired) electrons. The molecular formula is C14H30. The minimum Gasteiger partial charge on any atom is -0.0654 e. The minimum absolute atomic E-state index is 0.445. The highest BCUT2D eigenvalue weighted by Crippen LogP contribution is 2.47. The molecule has 0 fully saturated rings. The third kappa shape index (κ3) is 3.29. The van der Waals surface area contributed by atoms with Crippen molar-refractivity contribution in [3.63, 3.8) is 0 Å². The normalized spacial score (nSPS) is 13.7. The molecule has 0 N–H and O–H groups in total. The van der Waals surface area contributed by atoms with E-state index in [1.54, 1.807) is 0 Å². The van der Waals surface area contributed by atoms with E-state index in [-0.39, 0.29) is 0 Å². The third-order valence-corrected chi connectivity index (χ3v) is 4.59. The SMILES string of the molecule is CCCCCC(C)(C)C(C)(C)C(C)C. The molecule has 0 bridgehead atoms. The Morgan fingerprint density at radius 3 is 1.79 bits per heavy atom. The summed E-state index contributed by atoms with van der Waals surface area (Å²) in [5.41, 5.74) is 0.914. The largest absolute Gasteiger partial charge is 0.0654 e. The Morgan fingerprint density at radius 1 is 0.929 bits per heavy atom. The van der Waals surface area contributed by atoms with Gasteiger partial charge in [-0.05, 0) is 23.2 Å². The zero-order valence-electron chi connectivity index (χ0n) is 11.4. The lowest BCUT2D eigenvalue weighted by Gasteiger charge is -2.45. The van der Waals surface area contributed by atoms with Gasteiger partial charge in [0.2, 0.25) is 0 Å². The molecule has 0 rings (SSSR count). The van der Waals surface area contributed by atoms with E-state index < -0.39 is 0 Å². The van der Waals surface area contributed by atoms with Crippen LogP contribution in [0.5, 0.6) is 0 Å². The zero-order chi connectivity index (χ0) is 11.4. The standard InChI is InChI=1S/C14H30/c1-8-9-10-11-13(4,5)14(6,7)12(2)3/h12H,8-11H2,1-7H3. The maximum Gasteiger partial charge on any atom is -0.0280 e. The van der Waals surface area contributed by atoms with E-state index in [1.165, 1.54) is 25.7 Å². The molecule has 14 heavy (non-hydrogen) atoms. The van der Waals surface area contributed by atoms with Crippen LogP contribution < -0.4 is 0 Å². The summed E-state index contributed by atoms with van der Waals surface area (Å²) in [5.74, 6) is 0.763. The van der Waals surface area contributed by atoms with Gasteiger partial charge in [0.1, 0.15) is 0 Å². The summed E-state index contributed by atoms with van der Waals surface area (Å²) in [6.07, 6.45) is 5.47. The van der Waals surface area contributed by atoms with Crippen molar-refractivity contribution in [2.45, 2.75) is 74.1 Å². The van der Waals surface area contributed by atoms with Crippen LogP contribution in [0.1, 0.15) is 74.1 Å². The van der Waals surface area contributed by atoms with Gasteiger partial charge >= 0.3 is 0 Å². The second-order valence-electron chi connectivity index (χ2n) is 6.22. The van der Waals surface area contributed by atoms with E-state index in [2.05, 4.69) is 48.5 Å².